The molecule has 1 aromatic carbocycles. The Labute approximate surface area is 88.2 Å². The molecule has 0 radical (unpaired) electrons. The lowest BCUT2D eigenvalue weighted by Crippen LogP contribution is -1.72. The summed E-state index contributed by atoms with van der Waals surface area (Å²) >= 11 is 1.98. The zero-order valence-electron chi connectivity index (χ0n) is 7.99. The van der Waals surface area contributed by atoms with Gasteiger partial charge in [-0.25, -0.2) is 0 Å². The van der Waals surface area contributed by atoms with Crippen molar-refractivity contribution in [1.82, 2.24) is 0 Å². The molecule has 1 aliphatic carbocycles. The predicted octanol–water partition coefficient (Wildman–Crippen LogP) is 3.90. The van der Waals surface area contributed by atoms with Gasteiger partial charge in [0, 0.05) is 9.75 Å². The monoisotopic (exact) mass is 200 g/mol. The van der Waals surface area contributed by atoms with E-state index in [1.807, 2.05) is 11.3 Å². The molecule has 0 aliphatic heterocycles. The van der Waals surface area contributed by atoms with Gasteiger partial charge in [0.1, 0.15) is 0 Å². The van der Waals surface area contributed by atoms with Gasteiger partial charge in [-0.05, 0) is 36.5 Å². The number of aryl methyl sites for hydroxylation is 2. The van der Waals surface area contributed by atoms with Crippen molar-refractivity contribution in [2.45, 2.75) is 19.3 Å². The smallest absolute Gasteiger partial charge is 0.0348 e. The van der Waals surface area contributed by atoms with Crippen LogP contribution in [-0.4, -0.2) is 0 Å². The SMILES string of the molecule is c1ccc(-c2cc3c(s2)CCC3)cc1. The van der Waals surface area contributed by atoms with Crippen LogP contribution in [0.3, 0.4) is 0 Å². The highest BCUT2D eigenvalue weighted by Gasteiger charge is 2.14. The lowest BCUT2D eigenvalue weighted by molar-refractivity contribution is 0.915. The normalized spacial score (nSPS) is 14.3. The van der Waals surface area contributed by atoms with Crippen LogP contribution in [0, 0.1) is 0 Å². The number of hydrogen-bond acceptors (Lipinski definition) is 1. The third kappa shape index (κ3) is 1.28. The molecule has 1 heteroatoms. The third-order valence-electron chi connectivity index (χ3n) is 2.80. The van der Waals surface area contributed by atoms with Gasteiger partial charge in [-0.15, -0.1) is 11.3 Å². The molecule has 0 unspecified atom stereocenters. The summed E-state index contributed by atoms with van der Waals surface area (Å²) in [6.07, 6.45) is 3.95. The van der Waals surface area contributed by atoms with Crippen molar-refractivity contribution >= 4 is 11.3 Å². The van der Waals surface area contributed by atoms with Crippen LogP contribution in [0.25, 0.3) is 10.4 Å². The molecule has 0 saturated heterocycles. The van der Waals surface area contributed by atoms with Crippen LogP contribution in [0.5, 0.6) is 0 Å². The molecular formula is C13H12S. The van der Waals surface area contributed by atoms with Crippen LogP contribution < -0.4 is 0 Å². The van der Waals surface area contributed by atoms with Crippen molar-refractivity contribution in [2.75, 3.05) is 0 Å². The molecule has 0 N–H and O–H groups in total. The molecule has 2 aromatic rings. The Hall–Kier alpha value is -1.08. The van der Waals surface area contributed by atoms with Crippen LogP contribution in [0.2, 0.25) is 0 Å². The van der Waals surface area contributed by atoms with E-state index >= 15 is 0 Å². The second kappa shape index (κ2) is 3.25. The summed E-state index contributed by atoms with van der Waals surface area (Å²) in [7, 11) is 0. The van der Waals surface area contributed by atoms with Gasteiger partial charge in [-0.1, -0.05) is 30.3 Å². The van der Waals surface area contributed by atoms with Crippen LogP contribution in [0.1, 0.15) is 16.9 Å². The maximum Gasteiger partial charge on any atom is 0.0348 e. The largest absolute Gasteiger partial charge is 0.140 e. The number of thiophene rings is 1. The minimum Gasteiger partial charge on any atom is -0.140 e. The van der Waals surface area contributed by atoms with Gasteiger partial charge in [0.05, 0.1) is 0 Å². The van der Waals surface area contributed by atoms with Gasteiger partial charge in [-0.3, -0.25) is 0 Å². The Morgan fingerprint density at radius 3 is 2.64 bits per heavy atom. The zero-order valence-corrected chi connectivity index (χ0v) is 8.81. The fourth-order valence-electron chi connectivity index (χ4n) is 2.07. The average molecular weight is 200 g/mol. The van der Waals surface area contributed by atoms with Crippen molar-refractivity contribution in [3.8, 4) is 10.4 Å². The summed E-state index contributed by atoms with van der Waals surface area (Å²) in [6, 6.07) is 13.1. The standard InChI is InChI=1S/C13H12S/c1-2-5-10(6-3-1)13-9-11-7-4-8-12(11)14-13/h1-3,5-6,9H,4,7-8H2. The van der Waals surface area contributed by atoms with Crippen LogP contribution >= 0.6 is 11.3 Å². The van der Waals surface area contributed by atoms with Crippen LogP contribution in [0.4, 0.5) is 0 Å². The van der Waals surface area contributed by atoms with E-state index in [1.54, 1.807) is 10.4 Å². The van der Waals surface area contributed by atoms with E-state index in [0.717, 1.165) is 0 Å². The van der Waals surface area contributed by atoms with Crippen molar-refractivity contribution in [1.29, 1.82) is 0 Å². The molecule has 1 heterocycles. The summed E-state index contributed by atoms with van der Waals surface area (Å²) in [5.41, 5.74) is 2.96. The molecule has 0 fully saturated rings. The van der Waals surface area contributed by atoms with Gasteiger partial charge >= 0.3 is 0 Å². The third-order valence-corrected chi connectivity index (χ3v) is 4.09. The van der Waals surface area contributed by atoms with E-state index in [-0.39, 0.29) is 0 Å². The minimum atomic E-state index is 1.29. The van der Waals surface area contributed by atoms with Crippen molar-refractivity contribution < 1.29 is 0 Å². The molecule has 0 amide bonds. The fraction of sp³-hybridized carbons (Fsp3) is 0.231. The van der Waals surface area contributed by atoms with E-state index in [1.165, 1.54) is 29.7 Å². The summed E-state index contributed by atoms with van der Waals surface area (Å²) in [5.74, 6) is 0. The van der Waals surface area contributed by atoms with Gasteiger partial charge in [0.25, 0.3) is 0 Å². The quantitative estimate of drug-likeness (QED) is 0.655. The highest BCUT2D eigenvalue weighted by molar-refractivity contribution is 7.15. The van der Waals surface area contributed by atoms with Crippen LogP contribution in [-0.2, 0) is 12.8 Å². The number of benzene rings is 1. The first kappa shape index (κ1) is 8.25. The van der Waals surface area contributed by atoms with Crippen molar-refractivity contribution in [3.05, 3.63) is 46.8 Å². The second-order valence-electron chi connectivity index (χ2n) is 3.78. The zero-order chi connectivity index (χ0) is 9.38. The maximum atomic E-state index is 2.38. The molecule has 14 heavy (non-hydrogen) atoms. The average Bonchev–Trinajstić information content (AvgIpc) is 2.78. The van der Waals surface area contributed by atoms with Gasteiger partial charge in [0.15, 0.2) is 0 Å². The highest BCUT2D eigenvalue weighted by atomic mass is 32.1. The molecule has 1 aromatic heterocycles. The number of fused-ring (bicyclic) bond motifs is 1. The summed E-state index contributed by atoms with van der Waals surface area (Å²) in [6.45, 7) is 0. The van der Waals surface area contributed by atoms with E-state index in [4.69, 9.17) is 0 Å². The maximum absolute atomic E-state index is 2.38. The minimum absolute atomic E-state index is 1.29. The Kier molecular flexibility index (Phi) is 1.91. The van der Waals surface area contributed by atoms with Gasteiger partial charge < -0.3 is 0 Å². The first-order valence-corrected chi connectivity index (χ1v) is 5.92. The molecule has 0 spiro atoms. The van der Waals surface area contributed by atoms with E-state index in [0.29, 0.717) is 0 Å². The first-order valence-electron chi connectivity index (χ1n) is 5.10. The van der Waals surface area contributed by atoms with Crippen molar-refractivity contribution in [3.63, 3.8) is 0 Å². The Bertz CT molecular complexity index is 418. The molecule has 0 bridgehead atoms. The summed E-state index contributed by atoms with van der Waals surface area (Å²) < 4.78 is 0. The van der Waals surface area contributed by atoms with E-state index in [9.17, 15) is 0 Å². The van der Waals surface area contributed by atoms with Crippen molar-refractivity contribution in [2.24, 2.45) is 0 Å². The number of hydrogen-bond donors (Lipinski definition) is 0. The molecule has 0 saturated carbocycles. The topological polar surface area (TPSA) is 0 Å². The summed E-state index contributed by atoms with van der Waals surface area (Å²) in [4.78, 5) is 3.05. The molecule has 0 atom stereocenters. The summed E-state index contributed by atoms with van der Waals surface area (Å²) in [5, 5.41) is 0. The Morgan fingerprint density at radius 2 is 1.86 bits per heavy atom. The predicted molar refractivity (Wildman–Crippen MR) is 61.8 cm³/mol. The molecule has 1 aliphatic rings. The highest BCUT2D eigenvalue weighted by Crippen LogP contribution is 2.36. The lowest BCUT2D eigenvalue weighted by Gasteiger charge is -1.95. The van der Waals surface area contributed by atoms with Crippen LogP contribution in [0.15, 0.2) is 36.4 Å². The lowest BCUT2D eigenvalue weighted by atomic mass is 10.1. The van der Waals surface area contributed by atoms with E-state index < -0.39 is 0 Å². The molecule has 0 nitrogen and oxygen atoms in total. The second-order valence-corrected chi connectivity index (χ2v) is 4.92. The fourth-order valence-corrected chi connectivity index (χ4v) is 3.33. The Balaban J connectivity index is 2.06. The van der Waals surface area contributed by atoms with E-state index in [2.05, 4.69) is 36.4 Å². The van der Waals surface area contributed by atoms with Gasteiger partial charge in [0.2, 0.25) is 0 Å². The molecule has 3 rings (SSSR count). The Morgan fingerprint density at radius 1 is 1.00 bits per heavy atom. The number of rotatable bonds is 1. The molecule has 70 valence electrons. The molecular weight excluding hydrogens is 188 g/mol. The first-order chi connectivity index (χ1) is 6.93. The van der Waals surface area contributed by atoms with Gasteiger partial charge in [-0.2, -0.15) is 0 Å².